The zero-order chi connectivity index (χ0) is 18.8. The molecule has 3 rings (SSSR count). The van der Waals surface area contributed by atoms with Gasteiger partial charge in [0.05, 0.1) is 18.6 Å². The Balaban J connectivity index is 1.94. The number of piperidine rings is 1. The second-order valence-corrected chi connectivity index (χ2v) is 8.48. The average Bonchev–Trinajstić information content (AvgIpc) is 2.68. The number of sulfonamides is 1. The van der Waals surface area contributed by atoms with Crippen LogP contribution in [0.15, 0.2) is 53.4 Å². The predicted molar refractivity (Wildman–Crippen MR) is 96.2 cm³/mol. The third-order valence-electron chi connectivity index (χ3n) is 4.99. The van der Waals surface area contributed by atoms with E-state index in [4.69, 9.17) is 4.74 Å². The molecule has 2 aromatic rings. The molecular formula is C19H22FNO4S. The fraction of sp³-hybridized carbons (Fsp3) is 0.368. The Morgan fingerprint density at radius 1 is 1.23 bits per heavy atom. The number of rotatable bonds is 5. The van der Waals surface area contributed by atoms with Gasteiger partial charge in [-0.05, 0) is 36.6 Å². The molecule has 1 atom stereocenters. The summed E-state index contributed by atoms with van der Waals surface area (Å²) in [4.78, 5) is -0.113. The van der Waals surface area contributed by atoms with E-state index in [0.717, 1.165) is 11.6 Å². The van der Waals surface area contributed by atoms with Crippen LogP contribution in [0.25, 0.3) is 0 Å². The molecule has 0 aliphatic carbocycles. The first-order chi connectivity index (χ1) is 12.4. The van der Waals surface area contributed by atoms with Gasteiger partial charge in [0.25, 0.3) is 0 Å². The highest BCUT2D eigenvalue weighted by Crippen LogP contribution is 2.36. The van der Waals surface area contributed by atoms with Crippen molar-refractivity contribution < 1.29 is 22.7 Å². The maximum absolute atomic E-state index is 14.0. The molecule has 0 spiro atoms. The van der Waals surface area contributed by atoms with Crippen LogP contribution < -0.4 is 4.74 Å². The molecule has 1 aliphatic rings. The lowest BCUT2D eigenvalue weighted by Gasteiger charge is -2.41. The molecule has 0 saturated carbocycles. The third-order valence-corrected chi connectivity index (χ3v) is 6.83. The van der Waals surface area contributed by atoms with E-state index >= 15 is 0 Å². The highest BCUT2D eigenvalue weighted by Gasteiger charge is 2.41. The van der Waals surface area contributed by atoms with Gasteiger partial charge in [0.1, 0.15) is 0 Å². The van der Waals surface area contributed by atoms with Gasteiger partial charge in [-0.15, -0.1) is 0 Å². The van der Waals surface area contributed by atoms with Crippen molar-refractivity contribution in [1.82, 2.24) is 4.31 Å². The molecule has 5 nitrogen and oxygen atoms in total. The second kappa shape index (κ2) is 7.34. The summed E-state index contributed by atoms with van der Waals surface area (Å²) in [6.45, 7) is 0.341. The van der Waals surface area contributed by atoms with E-state index in [0.29, 0.717) is 19.4 Å². The standard InChI is InChI=1S/C19H22FNO4S/c1-25-18-9-8-16(12-17(18)20)26(23,24)21-11-5-10-19(13-21,14-22)15-6-3-2-4-7-15/h2-4,6-9,12,22H,5,10-11,13-14H2,1H3. The Morgan fingerprint density at radius 3 is 2.58 bits per heavy atom. The summed E-state index contributed by atoms with van der Waals surface area (Å²) in [5.41, 5.74) is 0.251. The molecule has 0 aromatic heterocycles. The number of aliphatic hydroxyl groups is 1. The number of nitrogens with zero attached hydrogens (tertiary/aromatic N) is 1. The van der Waals surface area contributed by atoms with Gasteiger partial charge < -0.3 is 9.84 Å². The van der Waals surface area contributed by atoms with Gasteiger partial charge in [0.2, 0.25) is 10.0 Å². The molecule has 7 heteroatoms. The van der Waals surface area contributed by atoms with Crippen molar-refractivity contribution in [2.24, 2.45) is 0 Å². The molecule has 1 saturated heterocycles. The monoisotopic (exact) mass is 379 g/mol. The molecular weight excluding hydrogens is 357 g/mol. The molecule has 2 aromatic carbocycles. The van der Waals surface area contributed by atoms with Crippen LogP contribution in [0.2, 0.25) is 0 Å². The predicted octanol–water partition coefficient (Wildman–Crippen LogP) is 2.55. The lowest BCUT2D eigenvalue weighted by Crippen LogP contribution is -2.50. The normalized spacial score (nSPS) is 21.5. The van der Waals surface area contributed by atoms with Crippen molar-refractivity contribution >= 4 is 10.0 Å². The fourth-order valence-corrected chi connectivity index (χ4v) is 5.08. The SMILES string of the molecule is COc1ccc(S(=O)(=O)N2CCCC(CO)(c3ccccc3)C2)cc1F. The maximum Gasteiger partial charge on any atom is 0.243 e. The Labute approximate surface area is 153 Å². The van der Waals surface area contributed by atoms with Gasteiger partial charge >= 0.3 is 0 Å². The summed E-state index contributed by atoms with van der Waals surface area (Å²) in [6.07, 6.45) is 1.31. The fourth-order valence-electron chi connectivity index (χ4n) is 3.50. The molecule has 26 heavy (non-hydrogen) atoms. The van der Waals surface area contributed by atoms with Gasteiger partial charge in [0, 0.05) is 18.5 Å². The number of ether oxygens (including phenoxy) is 1. The maximum atomic E-state index is 14.0. The topological polar surface area (TPSA) is 66.8 Å². The van der Waals surface area contributed by atoms with Gasteiger partial charge in [-0.2, -0.15) is 4.31 Å². The van der Waals surface area contributed by atoms with E-state index in [1.165, 1.54) is 23.5 Å². The van der Waals surface area contributed by atoms with Crippen LogP contribution >= 0.6 is 0 Å². The van der Waals surface area contributed by atoms with Crippen molar-refractivity contribution in [3.8, 4) is 5.75 Å². The van der Waals surface area contributed by atoms with Crippen molar-refractivity contribution in [3.05, 3.63) is 59.9 Å². The summed E-state index contributed by atoms with van der Waals surface area (Å²) in [6, 6.07) is 13.1. The van der Waals surface area contributed by atoms with Crippen LogP contribution in [0.4, 0.5) is 4.39 Å². The Kier molecular flexibility index (Phi) is 5.32. The van der Waals surface area contributed by atoms with Crippen LogP contribution in [-0.2, 0) is 15.4 Å². The number of hydrogen-bond donors (Lipinski definition) is 1. The first-order valence-corrected chi connectivity index (χ1v) is 9.87. The zero-order valence-electron chi connectivity index (χ0n) is 14.6. The largest absolute Gasteiger partial charge is 0.494 e. The van der Waals surface area contributed by atoms with Gasteiger partial charge in [-0.3, -0.25) is 0 Å². The zero-order valence-corrected chi connectivity index (χ0v) is 15.4. The van der Waals surface area contributed by atoms with Crippen LogP contribution in [0.1, 0.15) is 18.4 Å². The molecule has 140 valence electrons. The van der Waals surface area contributed by atoms with Gasteiger partial charge in [-0.1, -0.05) is 30.3 Å². The summed E-state index contributed by atoms with van der Waals surface area (Å²) >= 11 is 0. The quantitative estimate of drug-likeness (QED) is 0.867. The van der Waals surface area contributed by atoms with E-state index < -0.39 is 21.3 Å². The summed E-state index contributed by atoms with van der Waals surface area (Å²) in [5.74, 6) is -0.723. The molecule has 1 aliphatic heterocycles. The number of hydrogen-bond acceptors (Lipinski definition) is 4. The van der Waals surface area contributed by atoms with E-state index in [1.54, 1.807) is 0 Å². The number of methoxy groups -OCH3 is 1. The molecule has 0 radical (unpaired) electrons. The van der Waals surface area contributed by atoms with Crippen molar-refractivity contribution in [2.75, 3.05) is 26.8 Å². The smallest absolute Gasteiger partial charge is 0.243 e. The molecule has 0 amide bonds. The highest BCUT2D eigenvalue weighted by molar-refractivity contribution is 7.89. The summed E-state index contributed by atoms with van der Waals surface area (Å²) < 4.78 is 46.2. The van der Waals surface area contributed by atoms with Crippen LogP contribution in [0.5, 0.6) is 5.75 Å². The molecule has 1 heterocycles. The molecule has 0 bridgehead atoms. The van der Waals surface area contributed by atoms with E-state index in [2.05, 4.69) is 0 Å². The minimum Gasteiger partial charge on any atom is -0.494 e. The highest BCUT2D eigenvalue weighted by atomic mass is 32.2. The Morgan fingerprint density at radius 2 is 1.96 bits per heavy atom. The first-order valence-electron chi connectivity index (χ1n) is 8.43. The van der Waals surface area contributed by atoms with Crippen LogP contribution in [-0.4, -0.2) is 44.6 Å². The number of aliphatic hydroxyl groups excluding tert-OH is 1. The summed E-state index contributed by atoms with van der Waals surface area (Å²) in [7, 11) is -2.55. The second-order valence-electron chi connectivity index (χ2n) is 6.54. The van der Waals surface area contributed by atoms with Crippen LogP contribution in [0.3, 0.4) is 0 Å². The summed E-state index contributed by atoms with van der Waals surface area (Å²) in [5, 5.41) is 10.1. The van der Waals surface area contributed by atoms with Crippen molar-refractivity contribution in [2.45, 2.75) is 23.2 Å². The average molecular weight is 379 g/mol. The molecule has 1 unspecified atom stereocenters. The van der Waals surface area contributed by atoms with E-state index in [9.17, 15) is 17.9 Å². The van der Waals surface area contributed by atoms with E-state index in [-0.39, 0.29) is 23.8 Å². The lowest BCUT2D eigenvalue weighted by molar-refractivity contribution is 0.129. The first kappa shape index (κ1) is 18.8. The third kappa shape index (κ3) is 3.34. The van der Waals surface area contributed by atoms with Crippen LogP contribution in [0, 0.1) is 5.82 Å². The number of halogens is 1. The lowest BCUT2D eigenvalue weighted by atomic mass is 9.75. The minimum absolute atomic E-state index is 0.00316. The van der Waals surface area contributed by atoms with Gasteiger partial charge in [-0.25, -0.2) is 12.8 Å². The Bertz CT molecular complexity index is 872. The Hall–Kier alpha value is -1.96. The molecule has 1 N–H and O–H groups in total. The van der Waals surface area contributed by atoms with E-state index in [1.807, 2.05) is 30.3 Å². The van der Waals surface area contributed by atoms with Gasteiger partial charge in [0.15, 0.2) is 11.6 Å². The van der Waals surface area contributed by atoms with Crippen molar-refractivity contribution in [3.63, 3.8) is 0 Å². The van der Waals surface area contributed by atoms with Crippen molar-refractivity contribution in [1.29, 1.82) is 0 Å². The minimum atomic E-state index is -3.87. The number of benzene rings is 2. The molecule has 1 fully saturated rings.